The molecule has 2 aromatic carbocycles. The molecule has 2 aromatic rings. The first-order valence-corrected chi connectivity index (χ1v) is 7.61. The number of nitrogens with one attached hydrogen (secondary N) is 1. The van der Waals surface area contributed by atoms with Crippen molar-refractivity contribution in [3.63, 3.8) is 0 Å². The van der Waals surface area contributed by atoms with E-state index in [4.69, 9.17) is 5.73 Å². The number of nitrogens with two attached hydrogens (primary N) is 1. The van der Waals surface area contributed by atoms with E-state index in [9.17, 15) is 17.2 Å². The molecule has 1 unspecified atom stereocenters. The maximum atomic E-state index is 13.7. The van der Waals surface area contributed by atoms with E-state index in [2.05, 4.69) is 4.72 Å². The highest BCUT2D eigenvalue weighted by atomic mass is 32.2. The fourth-order valence-corrected chi connectivity index (χ4v) is 3.14. The number of nitrogen functional groups attached to an aromatic ring is 1. The van der Waals surface area contributed by atoms with Crippen molar-refractivity contribution in [1.29, 1.82) is 0 Å². The van der Waals surface area contributed by atoms with Gasteiger partial charge in [-0.2, -0.15) is 0 Å². The van der Waals surface area contributed by atoms with E-state index in [1.165, 1.54) is 30.3 Å². The van der Waals surface area contributed by atoms with E-state index in [0.717, 1.165) is 12.1 Å². The quantitative estimate of drug-likeness (QED) is 0.852. The van der Waals surface area contributed by atoms with E-state index in [0.29, 0.717) is 5.56 Å². The Hall–Kier alpha value is -1.99. The van der Waals surface area contributed by atoms with E-state index < -0.39 is 32.6 Å². The molecular formula is C14H14F2N2O2S. The Balaban J connectivity index is 2.26. The van der Waals surface area contributed by atoms with Crippen molar-refractivity contribution in [3.05, 3.63) is 59.7 Å². The average Bonchev–Trinajstić information content (AvgIpc) is 2.38. The zero-order chi connectivity index (χ0) is 15.6. The van der Waals surface area contributed by atoms with Crippen LogP contribution in [-0.4, -0.2) is 8.42 Å². The predicted molar refractivity (Wildman–Crippen MR) is 75.9 cm³/mol. The fourth-order valence-electron chi connectivity index (χ4n) is 1.85. The molecule has 0 fully saturated rings. The number of hydrogen-bond acceptors (Lipinski definition) is 3. The lowest BCUT2D eigenvalue weighted by Crippen LogP contribution is -2.27. The molecule has 2 rings (SSSR count). The molecule has 0 amide bonds. The maximum Gasteiger partial charge on any atom is 0.244 e. The third kappa shape index (κ3) is 3.56. The lowest BCUT2D eigenvalue weighted by Gasteiger charge is -2.15. The third-order valence-electron chi connectivity index (χ3n) is 2.95. The molecule has 21 heavy (non-hydrogen) atoms. The summed E-state index contributed by atoms with van der Waals surface area (Å²) in [6, 6.07) is 8.09. The maximum absolute atomic E-state index is 13.7. The zero-order valence-electron chi connectivity index (χ0n) is 11.2. The molecule has 0 heterocycles. The number of anilines is 1. The van der Waals surface area contributed by atoms with Crippen molar-refractivity contribution in [1.82, 2.24) is 4.72 Å². The van der Waals surface area contributed by atoms with Crippen LogP contribution in [0.5, 0.6) is 0 Å². The van der Waals surface area contributed by atoms with Gasteiger partial charge in [-0.3, -0.25) is 0 Å². The molecule has 3 N–H and O–H groups in total. The number of sulfonamides is 1. The monoisotopic (exact) mass is 312 g/mol. The highest BCUT2D eigenvalue weighted by molar-refractivity contribution is 7.89. The summed E-state index contributed by atoms with van der Waals surface area (Å²) < 4.78 is 53.2. The lowest BCUT2D eigenvalue weighted by molar-refractivity contribution is 0.547. The van der Waals surface area contributed by atoms with Gasteiger partial charge in [0, 0.05) is 11.7 Å². The average molecular weight is 312 g/mol. The molecule has 7 heteroatoms. The largest absolute Gasteiger partial charge is 0.399 e. The van der Waals surface area contributed by atoms with E-state index >= 15 is 0 Å². The summed E-state index contributed by atoms with van der Waals surface area (Å²) in [5.74, 6) is -1.34. The second-order valence-electron chi connectivity index (χ2n) is 4.58. The molecule has 0 radical (unpaired) electrons. The van der Waals surface area contributed by atoms with Gasteiger partial charge in [0.05, 0.1) is 0 Å². The minimum atomic E-state index is -4.04. The minimum Gasteiger partial charge on any atom is -0.399 e. The van der Waals surface area contributed by atoms with Gasteiger partial charge in [-0.15, -0.1) is 0 Å². The van der Waals surface area contributed by atoms with Crippen LogP contribution in [-0.2, 0) is 10.0 Å². The standard InChI is InChI=1S/C14H14F2N2O2S/c1-9(10-2-4-11(15)5-3-10)18-21(19,20)14-7-6-12(17)8-13(14)16/h2-9,18H,17H2,1H3. The first-order chi connectivity index (χ1) is 9.79. The lowest BCUT2D eigenvalue weighted by atomic mass is 10.1. The summed E-state index contributed by atoms with van der Waals surface area (Å²) in [6.45, 7) is 1.58. The van der Waals surface area contributed by atoms with Gasteiger partial charge in [-0.1, -0.05) is 12.1 Å². The van der Waals surface area contributed by atoms with E-state index in [1.807, 2.05) is 0 Å². The van der Waals surface area contributed by atoms with Crippen molar-refractivity contribution in [2.45, 2.75) is 17.9 Å². The molecule has 0 spiro atoms. The summed E-state index contributed by atoms with van der Waals surface area (Å²) in [6.07, 6.45) is 0. The normalized spacial score (nSPS) is 13.1. The first kappa shape index (κ1) is 15.4. The summed E-state index contributed by atoms with van der Waals surface area (Å²) >= 11 is 0. The number of hydrogen-bond donors (Lipinski definition) is 2. The molecule has 0 saturated heterocycles. The molecule has 0 aromatic heterocycles. The molecule has 0 aliphatic heterocycles. The van der Waals surface area contributed by atoms with E-state index in [1.54, 1.807) is 6.92 Å². The van der Waals surface area contributed by atoms with Gasteiger partial charge in [0.15, 0.2) is 0 Å². The van der Waals surface area contributed by atoms with Crippen molar-refractivity contribution in [2.24, 2.45) is 0 Å². The molecule has 0 aliphatic carbocycles. The van der Waals surface area contributed by atoms with Crippen LogP contribution in [0.25, 0.3) is 0 Å². The van der Waals surface area contributed by atoms with Crippen LogP contribution in [0.4, 0.5) is 14.5 Å². The molecule has 0 bridgehead atoms. The van der Waals surface area contributed by atoms with Gasteiger partial charge in [-0.25, -0.2) is 21.9 Å². The molecule has 112 valence electrons. The predicted octanol–water partition coefficient (Wildman–Crippen LogP) is 2.59. The molecule has 0 saturated carbocycles. The second-order valence-corrected chi connectivity index (χ2v) is 6.27. The molecule has 0 aliphatic rings. The Bertz CT molecular complexity index is 746. The van der Waals surface area contributed by atoms with Crippen molar-refractivity contribution < 1.29 is 17.2 Å². The number of rotatable bonds is 4. The summed E-state index contributed by atoms with van der Waals surface area (Å²) in [4.78, 5) is -0.481. The Morgan fingerprint density at radius 2 is 1.71 bits per heavy atom. The Morgan fingerprint density at radius 1 is 1.10 bits per heavy atom. The summed E-state index contributed by atoms with van der Waals surface area (Å²) in [5.41, 5.74) is 6.09. The van der Waals surface area contributed by atoms with Crippen LogP contribution in [0.15, 0.2) is 47.4 Å². The third-order valence-corrected chi connectivity index (χ3v) is 4.52. The topological polar surface area (TPSA) is 72.2 Å². The SMILES string of the molecule is CC(NS(=O)(=O)c1ccc(N)cc1F)c1ccc(F)cc1. The van der Waals surface area contributed by atoms with Crippen LogP contribution in [0, 0.1) is 11.6 Å². The Labute approximate surface area is 121 Å². The van der Waals surface area contributed by atoms with Crippen LogP contribution in [0.2, 0.25) is 0 Å². The van der Waals surface area contributed by atoms with Crippen molar-refractivity contribution in [2.75, 3.05) is 5.73 Å². The fraction of sp³-hybridized carbons (Fsp3) is 0.143. The second kappa shape index (κ2) is 5.79. The van der Waals surface area contributed by atoms with Crippen LogP contribution in [0.1, 0.15) is 18.5 Å². The van der Waals surface area contributed by atoms with Crippen LogP contribution >= 0.6 is 0 Å². The van der Waals surface area contributed by atoms with Gasteiger partial charge in [0.25, 0.3) is 0 Å². The van der Waals surface area contributed by atoms with Gasteiger partial charge in [0.2, 0.25) is 10.0 Å². The first-order valence-electron chi connectivity index (χ1n) is 6.12. The highest BCUT2D eigenvalue weighted by Gasteiger charge is 2.22. The van der Waals surface area contributed by atoms with Gasteiger partial charge < -0.3 is 5.73 Å². The molecular weight excluding hydrogens is 298 g/mol. The minimum absolute atomic E-state index is 0.137. The van der Waals surface area contributed by atoms with Crippen LogP contribution < -0.4 is 10.5 Å². The van der Waals surface area contributed by atoms with Gasteiger partial charge in [-0.05, 0) is 42.8 Å². The zero-order valence-corrected chi connectivity index (χ0v) is 12.0. The van der Waals surface area contributed by atoms with E-state index in [-0.39, 0.29) is 5.69 Å². The number of halogens is 2. The Kier molecular flexibility index (Phi) is 4.24. The molecule has 1 atom stereocenters. The molecule has 4 nitrogen and oxygen atoms in total. The summed E-state index contributed by atoms with van der Waals surface area (Å²) in [5, 5.41) is 0. The van der Waals surface area contributed by atoms with Gasteiger partial charge >= 0.3 is 0 Å². The highest BCUT2D eigenvalue weighted by Crippen LogP contribution is 2.20. The summed E-state index contributed by atoms with van der Waals surface area (Å²) in [7, 11) is -4.04. The van der Waals surface area contributed by atoms with Crippen LogP contribution in [0.3, 0.4) is 0 Å². The van der Waals surface area contributed by atoms with Crippen molar-refractivity contribution in [3.8, 4) is 0 Å². The van der Waals surface area contributed by atoms with Gasteiger partial charge in [0.1, 0.15) is 16.5 Å². The van der Waals surface area contributed by atoms with Crippen molar-refractivity contribution >= 4 is 15.7 Å². The number of benzene rings is 2. The Morgan fingerprint density at radius 3 is 2.29 bits per heavy atom. The smallest absolute Gasteiger partial charge is 0.244 e.